The maximum atomic E-state index is 13.3. The number of thiophene rings is 2. The molecule has 0 radical (unpaired) electrons. The van der Waals surface area contributed by atoms with E-state index < -0.39 is 17.7 Å². The molecule has 1 saturated carbocycles. The Bertz CT molecular complexity index is 1870. The van der Waals surface area contributed by atoms with Crippen LogP contribution in [0.15, 0.2) is 88.4 Å². The van der Waals surface area contributed by atoms with E-state index in [0.29, 0.717) is 52.0 Å². The summed E-state index contributed by atoms with van der Waals surface area (Å²) >= 11 is 2.71. The van der Waals surface area contributed by atoms with Gasteiger partial charge in [0.05, 0.1) is 28.0 Å². The number of hydrogen-bond acceptors (Lipinski definition) is 11. The molecule has 0 amide bonds. The molecular formula is C39H45N3O7S2. The van der Waals surface area contributed by atoms with Gasteiger partial charge in [0.25, 0.3) is 0 Å². The largest absolute Gasteiger partial charge is 0.506 e. The number of aliphatic hydroxyl groups excluding tert-OH is 1. The smallest absolute Gasteiger partial charge is 0.349 e. The molecule has 10 nitrogen and oxygen atoms in total. The Balaban J connectivity index is 0.867. The highest BCUT2D eigenvalue weighted by atomic mass is 32.1. The number of esters is 1. The molecule has 51 heavy (non-hydrogen) atoms. The average molecular weight is 732 g/mol. The fourth-order valence-electron chi connectivity index (χ4n) is 6.70. The minimum absolute atomic E-state index is 0.0290. The minimum Gasteiger partial charge on any atom is -0.506 e. The molecule has 0 aliphatic heterocycles. The Morgan fingerprint density at radius 3 is 2.37 bits per heavy atom. The zero-order valence-corrected chi connectivity index (χ0v) is 30.3. The van der Waals surface area contributed by atoms with Gasteiger partial charge in [-0.15, -0.1) is 22.7 Å². The summed E-state index contributed by atoms with van der Waals surface area (Å²) in [5, 5.41) is 40.0. The van der Waals surface area contributed by atoms with Gasteiger partial charge in [0, 0.05) is 30.6 Å². The Morgan fingerprint density at radius 2 is 1.71 bits per heavy atom. The van der Waals surface area contributed by atoms with E-state index in [1.807, 2.05) is 35.0 Å². The van der Waals surface area contributed by atoms with E-state index >= 15 is 0 Å². The summed E-state index contributed by atoms with van der Waals surface area (Å²) in [5.74, 6) is 0.205. The molecule has 6 rings (SSSR count). The van der Waals surface area contributed by atoms with Gasteiger partial charge in [0.2, 0.25) is 11.2 Å². The molecule has 3 heterocycles. The first-order chi connectivity index (χ1) is 24.7. The lowest BCUT2D eigenvalue weighted by molar-refractivity contribution is -0.169. The number of phenolic OH excluding ortho intramolecular Hbond substituents is 1. The minimum atomic E-state index is -1.77. The molecule has 3 aromatic heterocycles. The van der Waals surface area contributed by atoms with Crippen molar-refractivity contribution in [2.45, 2.75) is 62.4 Å². The van der Waals surface area contributed by atoms with Gasteiger partial charge in [0.1, 0.15) is 17.6 Å². The number of fused-ring (bicyclic) bond motifs is 1. The SMILES string of the molecule is CN(CCCOc1ccc(CCNC[C@@H](O)c2ccc(O)c3[nH]c(=O)ccc23)cc1)C1CCC(OC(=O)C(O)(c2cccs2)c2cccs2)CC1. The number of aromatic hydroxyl groups is 1. The van der Waals surface area contributed by atoms with Crippen molar-refractivity contribution in [2.75, 3.05) is 33.3 Å². The Hall–Kier alpha value is -4.04. The van der Waals surface area contributed by atoms with E-state index in [1.54, 1.807) is 24.3 Å². The first-order valence-electron chi connectivity index (χ1n) is 17.4. The number of hydrogen-bond donors (Lipinski definition) is 5. The second-order valence-electron chi connectivity index (χ2n) is 13.1. The molecule has 0 bridgehead atoms. The second kappa shape index (κ2) is 17.0. The molecule has 1 aliphatic rings. The lowest BCUT2D eigenvalue weighted by Crippen LogP contribution is -2.42. The number of pyridine rings is 1. The Kier molecular flexibility index (Phi) is 12.2. The molecule has 270 valence electrons. The Labute approximate surface area is 305 Å². The number of ether oxygens (including phenoxy) is 2. The van der Waals surface area contributed by atoms with Gasteiger partial charge >= 0.3 is 5.97 Å². The van der Waals surface area contributed by atoms with E-state index in [-0.39, 0.29) is 17.4 Å². The molecule has 1 atom stereocenters. The van der Waals surface area contributed by atoms with Crippen LogP contribution in [0.2, 0.25) is 0 Å². The van der Waals surface area contributed by atoms with Crippen LogP contribution in [0.5, 0.6) is 11.5 Å². The number of benzene rings is 2. The molecule has 0 unspecified atom stereocenters. The van der Waals surface area contributed by atoms with Crippen LogP contribution in [0, 0.1) is 0 Å². The predicted molar refractivity (Wildman–Crippen MR) is 201 cm³/mol. The van der Waals surface area contributed by atoms with Crippen molar-refractivity contribution < 1.29 is 29.6 Å². The van der Waals surface area contributed by atoms with Gasteiger partial charge in [-0.25, -0.2) is 4.79 Å². The molecule has 1 fully saturated rings. The summed E-state index contributed by atoms with van der Waals surface area (Å²) in [7, 11) is 2.14. The van der Waals surface area contributed by atoms with Crippen LogP contribution in [0.3, 0.4) is 0 Å². The normalized spacial score (nSPS) is 17.1. The van der Waals surface area contributed by atoms with E-state index in [1.165, 1.54) is 34.8 Å². The highest BCUT2D eigenvalue weighted by Crippen LogP contribution is 2.38. The van der Waals surface area contributed by atoms with Crippen LogP contribution in [0.4, 0.5) is 0 Å². The maximum Gasteiger partial charge on any atom is 0.349 e. The van der Waals surface area contributed by atoms with Gasteiger partial charge < -0.3 is 40.0 Å². The molecule has 2 aromatic carbocycles. The third-order valence-corrected chi connectivity index (χ3v) is 11.6. The lowest BCUT2D eigenvalue weighted by atomic mass is 9.91. The van der Waals surface area contributed by atoms with Gasteiger partial charge in [0.15, 0.2) is 0 Å². The van der Waals surface area contributed by atoms with E-state index in [4.69, 9.17) is 9.47 Å². The molecule has 5 aromatic rings. The van der Waals surface area contributed by atoms with Crippen LogP contribution in [0.1, 0.15) is 59.1 Å². The topological polar surface area (TPSA) is 144 Å². The summed E-state index contributed by atoms with van der Waals surface area (Å²) in [6.07, 6.45) is 4.06. The monoisotopic (exact) mass is 731 g/mol. The van der Waals surface area contributed by atoms with Crippen LogP contribution >= 0.6 is 22.7 Å². The maximum absolute atomic E-state index is 13.3. The standard InChI is InChI=1S/C39H45N3O7S2/c1-42(27-9-13-29(14-10-27)49-38(46)39(47,34-5-2-23-50-34)35-6-3-24-51-35)21-4-22-48-28-11-7-26(8-12-28)19-20-40-25-33(44)30-15-17-32(43)37-31(30)16-18-36(45)41-37/h2-3,5-8,11-12,15-18,23-24,27,29,33,40,43-44,47H,4,9-10,13-14,19-22,25H2,1H3,(H,41,45)/t27?,29?,33-/m1/s1. The van der Waals surface area contributed by atoms with Crippen molar-refractivity contribution in [3.63, 3.8) is 0 Å². The fraction of sp³-hybridized carbons (Fsp3) is 0.385. The summed E-state index contributed by atoms with van der Waals surface area (Å²) in [6.45, 7) is 2.52. The quantitative estimate of drug-likeness (QED) is 0.0637. The van der Waals surface area contributed by atoms with E-state index in [9.17, 15) is 24.9 Å². The number of carbonyl (C=O) groups excluding carboxylic acids is 1. The summed E-state index contributed by atoms with van der Waals surface area (Å²) in [6, 6.07) is 21.9. The molecule has 1 aliphatic carbocycles. The predicted octanol–water partition coefficient (Wildman–Crippen LogP) is 5.71. The van der Waals surface area contributed by atoms with Crippen molar-refractivity contribution in [3.05, 3.63) is 115 Å². The number of carbonyl (C=O) groups is 1. The van der Waals surface area contributed by atoms with Crippen LogP contribution in [-0.2, 0) is 21.6 Å². The van der Waals surface area contributed by atoms with E-state index in [0.717, 1.165) is 56.4 Å². The molecule has 5 N–H and O–H groups in total. The van der Waals surface area contributed by atoms with Crippen LogP contribution in [-0.4, -0.2) is 76.6 Å². The average Bonchev–Trinajstić information content (AvgIpc) is 3.89. The number of H-pyrrole nitrogens is 1. The number of aliphatic hydroxyl groups is 2. The number of nitrogens with one attached hydrogen (secondary N) is 2. The van der Waals surface area contributed by atoms with Crippen LogP contribution < -0.4 is 15.6 Å². The zero-order valence-electron chi connectivity index (χ0n) is 28.6. The summed E-state index contributed by atoms with van der Waals surface area (Å²) in [4.78, 5) is 31.1. The van der Waals surface area contributed by atoms with Gasteiger partial charge in [-0.1, -0.05) is 30.3 Å². The van der Waals surface area contributed by atoms with Gasteiger partial charge in [-0.05, 0) is 110 Å². The third kappa shape index (κ3) is 8.89. The number of nitrogens with zero attached hydrogens (tertiary/aromatic N) is 1. The first kappa shape index (κ1) is 36.7. The zero-order chi connectivity index (χ0) is 35.8. The number of aromatic nitrogens is 1. The molecule has 0 saturated heterocycles. The highest BCUT2D eigenvalue weighted by Gasteiger charge is 2.45. The molecular weight excluding hydrogens is 687 g/mol. The third-order valence-electron chi connectivity index (χ3n) is 9.63. The van der Waals surface area contributed by atoms with Gasteiger partial charge in [-0.3, -0.25) is 4.79 Å². The van der Waals surface area contributed by atoms with Crippen molar-refractivity contribution in [1.82, 2.24) is 15.2 Å². The van der Waals surface area contributed by atoms with Crippen LogP contribution in [0.25, 0.3) is 10.9 Å². The number of rotatable bonds is 16. The highest BCUT2D eigenvalue weighted by molar-refractivity contribution is 7.12. The van der Waals surface area contributed by atoms with Gasteiger partial charge in [-0.2, -0.15) is 0 Å². The second-order valence-corrected chi connectivity index (χ2v) is 15.0. The first-order valence-corrected chi connectivity index (χ1v) is 19.2. The van der Waals surface area contributed by atoms with Crippen molar-refractivity contribution in [1.29, 1.82) is 0 Å². The van der Waals surface area contributed by atoms with Crippen molar-refractivity contribution in [3.8, 4) is 11.5 Å². The fourth-order valence-corrected chi connectivity index (χ4v) is 8.42. The Morgan fingerprint density at radius 1 is 1.00 bits per heavy atom. The van der Waals surface area contributed by atoms with E-state index in [2.05, 4.69) is 34.4 Å². The van der Waals surface area contributed by atoms with Crippen molar-refractivity contribution >= 4 is 39.5 Å². The molecule has 12 heteroatoms. The summed E-state index contributed by atoms with van der Waals surface area (Å²) in [5.41, 5.74) is 0.0376. The number of phenols is 1. The lowest BCUT2D eigenvalue weighted by Gasteiger charge is -2.35. The number of aromatic amines is 1. The van der Waals surface area contributed by atoms with Crippen molar-refractivity contribution in [2.24, 2.45) is 0 Å². The summed E-state index contributed by atoms with van der Waals surface area (Å²) < 4.78 is 11.9. The molecule has 0 spiro atoms.